The summed E-state index contributed by atoms with van der Waals surface area (Å²) in [7, 11) is 1.66. The molecular formula is C18H21NO3. The van der Waals surface area contributed by atoms with Gasteiger partial charge >= 0.3 is 0 Å². The molecule has 1 fully saturated rings. The van der Waals surface area contributed by atoms with Crippen LogP contribution in [0.25, 0.3) is 0 Å². The van der Waals surface area contributed by atoms with Crippen molar-refractivity contribution in [2.24, 2.45) is 5.92 Å². The van der Waals surface area contributed by atoms with E-state index in [0.29, 0.717) is 18.8 Å². The molecule has 22 heavy (non-hydrogen) atoms. The second-order valence-electron chi connectivity index (χ2n) is 5.74. The van der Waals surface area contributed by atoms with Crippen molar-refractivity contribution < 1.29 is 13.9 Å². The van der Waals surface area contributed by atoms with Crippen LogP contribution in [0.4, 0.5) is 0 Å². The minimum absolute atomic E-state index is 0.0733. The molecule has 1 unspecified atom stereocenters. The molecule has 0 spiro atoms. The Labute approximate surface area is 130 Å². The van der Waals surface area contributed by atoms with Gasteiger partial charge in [-0.25, -0.2) is 0 Å². The number of aryl methyl sites for hydroxylation is 1. The summed E-state index contributed by atoms with van der Waals surface area (Å²) in [4.78, 5) is 12.2. The lowest BCUT2D eigenvalue weighted by atomic mass is 10.0. The van der Waals surface area contributed by atoms with Gasteiger partial charge in [0.15, 0.2) is 0 Å². The maximum absolute atomic E-state index is 12.2. The molecule has 4 nitrogen and oxygen atoms in total. The average Bonchev–Trinajstić information content (AvgIpc) is 3.26. The van der Waals surface area contributed by atoms with Crippen molar-refractivity contribution in [2.75, 3.05) is 7.11 Å². The predicted octanol–water partition coefficient (Wildman–Crippen LogP) is 3.49. The Bertz CT molecular complexity index is 600. The third-order valence-corrected chi connectivity index (χ3v) is 4.06. The van der Waals surface area contributed by atoms with Gasteiger partial charge in [-0.2, -0.15) is 0 Å². The Morgan fingerprint density at radius 3 is 2.68 bits per heavy atom. The van der Waals surface area contributed by atoms with E-state index in [4.69, 9.17) is 9.15 Å². The number of rotatable bonds is 7. The molecule has 0 saturated heterocycles. The van der Waals surface area contributed by atoms with Crippen LogP contribution in [0.5, 0.6) is 5.75 Å². The molecule has 1 heterocycles. The Morgan fingerprint density at radius 1 is 1.32 bits per heavy atom. The highest BCUT2D eigenvalue weighted by Gasteiger charge is 2.33. The van der Waals surface area contributed by atoms with Crippen molar-refractivity contribution in [2.45, 2.75) is 31.7 Å². The van der Waals surface area contributed by atoms with E-state index in [0.717, 1.165) is 17.1 Å². The van der Waals surface area contributed by atoms with Gasteiger partial charge in [-0.05, 0) is 48.6 Å². The van der Waals surface area contributed by atoms with Crippen LogP contribution >= 0.6 is 0 Å². The van der Waals surface area contributed by atoms with Crippen LogP contribution < -0.4 is 10.1 Å². The van der Waals surface area contributed by atoms with E-state index < -0.39 is 0 Å². The topological polar surface area (TPSA) is 51.5 Å². The SMILES string of the molecule is COc1ccc(C(NC(=O)CCc2ccco2)C2CC2)cc1. The molecule has 1 saturated carbocycles. The third-order valence-electron chi connectivity index (χ3n) is 4.06. The zero-order valence-electron chi connectivity index (χ0n) is 12.7. The minimum Gasteiger partial charge on any atom is -0.497 e. The first-order valence-electron chi connectivity index (χ1n) is 7.72. The summed E-state index contributed by atoms with van der Waals surface area (Å²) in [6.45, 7) is 0. The van der Waals surface area contributed by atoms with E-state index in [-0.39, 0.29) is 11.9 Å². The van der Waals surface area contributed by atoms with Crippen molar-refractivity contribution in [3.8, 4) is 5.75 Å². The van der Waals surface area contributed by atoms with Gasteiger partial charge in [0.05, 0.1) is 19.4 Å². The van der Waals surface area contributed by atoms with Crippen molar-refractivity contribution in [3.63, 3.8) is 0 Å². The first-order valence-corrected chi connectivity index (χ1v) is 7.72. The summed E-state index contributed by atoms with van der Waals surface area (Å²) in [5.41, 5.74) is 1.15. The number of amides is 1. The summed E-state index contributed by atoms with van der Waals surface area (Å²) < 4.78 is 10.5. The minimum atomic E-state index is 0.0733. The number of hydrogen-bond donors (Lipinski definition) is 1. The van der Waals surface area contributed by atoms with Crippen molar-refractivity contribution in [1.82, 2.24) is 5.32 Å². The van der Waals surface area contributed by atoms with E-state index in [1.807, 2.05) is 36.4 Å². The molecule has 1 amide bonds. The van der Waals surface area contributed by atoms with E-state index in [2.05, 4.69) is 5.32 Å². The fourth-order valence-corrected chi connectivity index (χ4v) is 2.65. The molecule has 4 heteroatoms. The number of ether oxygens (including phenoxy) is 1. The zero-order valence-corrected chi connectivity index (χ0v) is 12.7. The Balaban J connectivity index is 1.60. The fourth-order valence-electron chi connectivity index (χ4n) is 2.65. The second kappa shape index (κ2) is 6.69. The van der Waals surface area contributed by atoms with Crippen molar-refractivity contribution in [3.05, 3.63) is 54.0 Å². The number of methoxy groups -OCH3 is 1. The van der Waals surface area contributed by atoms with Gasteiger partial charge < -0.3 is 14.5 Å². The van der Waals surface area contributed by atoms with E-state index >= 15 is 0 Å². The van der Waals surface area contributed by atoms with Gasteiger partial charge in [-0.1, -0.05) is 12.1 Å². The number of benzene rings is 1. The predicted molar refractivity (Wildman–Crippen MR) is 83.6 cm³/mol. The first kappa shape index (κ1) is 14.7. The molecule has 1 aliphatic carbocycles. The highest BCUT2D eigenvalue weighted by atomic mass is 16.5. The molecule has 0 radical (unpaired) electrons. The molecule has 2 aromatic rings. The lowest BCUT2D eigenvalue weighted by Crippen LogP contribution is -2.30. The maximum atomic E-state index is 12.2. The van der Waals surface area contributed by atoms with Crippen LogP contribution in [-0.2, 0) is 11.2 Å². The number of carbonyl (C=O) groups excluding carboxylic acids is 1. The van der Waals surface area contributed by atoms with E-state index in [1.165, 1.54) is 12.8 Å². The maximum Gasteiger partial charge on any atom is 0.220 e. The van der Waals surface area contributed by atoms with Crippen LogP contribution in [-0.4, -0.2) is 13.0 Å². The van der Waals surface area contributed by atoms with Crippen LogP contribution in [0.1, 0.15) is 36.6 Å². The standard InChI is InChI=1S/C18H21NO3/c1-21-15-8-6-14(7-9-15)18(13-4-5-13)19-17(20)11-10-16-3-2-12-22-16/h2-3,6-9,12-13,18H,4-5,10-11H2,1H3,(H,19,20). The molecule has 0 aliphatic heterocycles. The highest BCUT2D eigenvalue weighted by Crippen LogP contribution is 2.41. The lowest BCUT2D eigenvalue weighted by molar-refractivity contribution is -0.122. The van der Waals surface area contributed by atoms with E-state index in [1.54, 1.807) is 13.4 Å². The molecular weight excluding hydrogens is 278 g/mol. The molecule has 1 N–H and O–H groups in total. The normalized spacial score (nSPS) is 15.3. The van der Waals surface area contributed by atoms with Gasteiger partial charge in [0.25, 0.3) is 0 Å². The second-order valence-corrected chi connectivity index (χ2v) is 5.74. The van der Waals surface area contributed by atoms with Gasteiger partial charge in [-0.15, -0.1) is 0 Å². The quantitative estimate of drug-likeness (QED) is 0.851. The number of hydrogen-bond acceptors (Lipinski definition) is 3. The summed E-state index contributed by atoms with van der Waals surface area (Å²) in [6, 6.07) is 11.8. The smallest absolute Gasteiger partial charge is 0.220 e. The molecule has 1 aromatic carbocycles. The van der Waals surface area contributed by atoms with Crippen LogP contribution in [0.3, 0.4) is 0 Å². The third kappa shape index (κ3) is 3.70. The summed E-state index contributed by atoms with van der Waals surface area (Å²) in [6.07, 6.45) is 5.08. The van der Waals surface area contributed by atoms with Crippen molar-refractivity contribution >= 4 is 5.91 Å². The molecule has 0 bridgehead atoms. The lowest BCUT2D eigenvalue weighted by Gasteiger charge is -2.19. The van der Waals surface area contributed by atoms with Gasteiger partial charge in [0.2, 0.25) is 5.91 Å². The number of carbonyl (C=O) groups is 1. The van der Waals surface area contributed by atoms with Crippen molar-refractivity contribution in [1.29, 1.82) is 0 Å². The number of furan rings is 1. The van der Waals surface area contributed by atoms with Crippen LogP contribution in [0.15, 0.2) is 47.1 Å². The van der Waals surface area contributed by atoms with Gasteiger partial charge in [0, 0.05) is 12.8 Å². The summed E-state index contributed by atoms with van der Waals surface area (Å²) in [5.74, 6) is 2.31. The van der Waals surface area contributed by atoms with E-state index in [9.17, 15) is 4.79 Å². The Morgan fingerprint density at radius 2 is 2.09 bits per heavy atom. The first-order chi connectivity index (χ1) is 10.8. The molecule has 1 aliphatic rings. The highest BCUT2D eigenvalue weighted by molar-refractivity contribution is 5.76. The Hall–Kier alpha value is -2.23. The van der Waals surface area contributed by atoms with Crippen LogP contribution in [0, 0.1) is 5.92 Å². The monoisotopic (exact) mass is 299 g/mol. The van der Waals surface area contributed by atoms with Gasteiger partial charge in [0.1, 0.15) is 11.5 Å². The summed E-state index contributed by atoms with van der Waals surface area (Å²) >= 11 is 0. The fraction of sp³-hybridized carbons (Fsp3) is 0.389. The van der Waals surface area contributed by atoms with Crippen LogP contribution in [0.2, 0.25) is 0 Å². The Kier molecular flexibility index (Phi) is 4.47. The average molecular weight is 299 g/mol. The molecule has 116 valence electrons. The van der Waals surface area contributed by atoms with Gasteiger partial charge in [-0.3, -0.25) is 4.79 Å². The summed E-state index contributed by atoms with van der Waals surface area (Å²) in [5, 5.41) is 3.17. The molecule has 3 rings (SSSR count). The largest absolute Gasteiger partial charge is 0.497 e. The molecule has 1 aromatic heterocycles. The zero-order chi connectivity index (χ0) is 15.4. The number of nitrogens with one attached hydrogen (secondary N) is 1. The molecule has 1 atom stereocenters.